The Hall–Kier alpha value is -4.18. The second kappa shape index (κ2) is 8.74. The van der Waals surface area contributed by atoms with Crippen LogP contribution in [0.3, 0.4) is 0 Å². The highest BCUT2D eigenvalue weighted by Gasteiger charge is 2.37. The molecule has 0 saturated heterocycles. The van der Waals surface area contributed by atoms with Crippen LogP contribution < -0.4 is 10.6 Å². The lowest BCUT2D eigenvalue weighted by molar-refractivity contribution is -0.137. The summed E-state index contributed by atoms with van der Waals surface area (Å²) in [6, 6.07) is 9.55. The van der Waals surface area contributed by atoms with Crippen LogP contribution >= 0.6 is 11.6 Å². The molecule has 11 heteroatoms. The molecule has 0 spiro atoms. The number of carbonyl (C=O) groups is 2. The lowest BCUT2D eigenvalue weighted by Gasteiger charge is -2.19. The van der Waals surface area contributed by atoms with Crippen LogP contribution in [-0.2, 0) is 6.18 Å². The van der Waals surface area contributed by atoms with Crippen molar-refractivity contribution in [3.63, 3.8) is 0 Å². The third-order valence-corrected chi connectivity index (χ3v) is 6.34. The van der Waals surface area contributed by atoms with Gasteiger partial charge in [0.05, 0.1) is 17.2 Å². The maximum Gasteiger partial charge on any atom is 0.416 e. The number of amides is 2. The topological polar surface area (TPSA) is 78.4 Å². The zero-order chi connectivity index (χ0) is 26.6. The van der Waals surface area contributed by atoms with Crippen molar-refractivity contribution >= 4 is 39.9 Å². The molecular weight excluding hydrogens is 519 g/mol. The van der Waals surface area contributed by atoms with Gasteiger partial charge in [0.15, 0.2) is 0 Å². The van der Waals surface area contributed by atoms with E-state index >= 15 is 0 Å². The number of phenolic OH excluding ortho intramolecular Hbond substituents is 1. The van der Waals surface area contributed by atoms with E-state index in [0.717, 1.165) is 12.1 Å². The summed E-state index contributed by atoms with van der Waals surface area (Å²) in [5, 5.41) is 16.1. The zero-order valence-electron chi connectivity index (χ0n) is 18.4. The number of hydrogen-bond acceptors (Lipinski definition) is 3. The Morgan fingerprint density at radius 3 is 2.46 bits per heavy atom. The largest absolute Gasteiger partial charge is 0.507 e. The second-order valence-corrected chi connectivity index (χ2v) is 8.75. The molecule has 0 aliphatic carbocycles. The molecule has 4 aromatic carbocycles. The minimum Gasteiger partial charge on any atom is -0.507 e. The minimum absolute atomic E-state index is 0.0456. The van der Waals surface area contributed by atoms with Gasteiger partial charge in [-0.1, -0.05) is 23.7 Å². The van der Waals surface area contributed by atoms with Gasteiger partial charge in [0.1, 0.15) is 17.4 Å². The van der Waals surface area contributed by atoms with Crippen LogP contribution in [0.2, 0.25) is 5.02 Å². The Balaban J connectivity index is 1.70. The third kappa shape index (κ3) is 4.33. The molecule has 3 N–H and O–H groups in total. The van der Waals surface area contributed by atoms with Crippen molar-refractivity contribution in [2.45, 2.75) is 12.2 Å². The quantitative estimate of drug-likeness (QED) is 0.261. The molecule has 0 fully saturated rings. The Bertz CT molecular complexity index is 1620. The molecule has 1 atom stereocenters. The van der Waals surface area contributed by atoms with Crippen molar-refractivity contribution in [2.75, 3.05) is 5.32 Å². The molecule has 2 amide bonds. The van der Waals surface area contributed by atoms with Crippen molar-refractivity contribution in [1.29, 1.82) is 0 Å². The number of carbonyl (C=O) groups excluding carboxylic acids is 2. The fourth-order valence-electron chi connectivity index (χ4n) is 4.40. The van der Waals surface area contributed by atoms with Crippen LogP contribution in [0.1, 0.15) is 43.4 Å². The van der Waals surface area contributed by atoms with E-state index < -0.39 is 46.8 Å². The van der Waals surface area contributed by atoms with Crippen LogP contribution in [0.4, 0.5) is 27.6 Å². The van der Waals surface area contributed by atoms with Gasteiger partial charge < -0.3 is 15.7 Å². The van der Waals surface area contributed by atoms with Crippen molar-refractivity contribution in [1.82, 2.24) is 5.32 Å². The van der Waals surface area contributed by atoms with E-state index in [1.54, 1.807) is 6.07 Å². The van der Waals surface area contributed by atoms with Gasteiger partial charge in [-0.25, -0.2) is 8.78 Å². The van der Waals surface area contributed by atoms with Gasteiger partial charge in [-0.3, -0.25) is 9.59 Å². The minimum atomic E-state index is -4.90. The first kappa shape index (κ1) is 24.5. The van der Waals surface area contributed by atoms with E-state index in [1.807, 2.05) is 0 Å². The van der Waals surface area contributed by atoms with Crippen molar-refractivity contribution in [2.24, 2.45) is 0 Å². The fourth-order valence-corrected chi connectivity index (χ4v) is 4.62. The molecule has 5 nitrogen and oxygen atoms in total. The average Bonchev–Trinajstić information content (AvgIpc) is 3.18. The maximum atomic E-state index is 14.1. The van der Waals surface area contributed by atoms with Crippen molar-refractivity contribution in [3.8, 4) is 5.75 Å². The number of anilines is 1. The number of aromatic hydroxyl groups is 1. The first-order chi connectivity index (χ1) is 17.4. The molecule has 4 aromatic rings. The Kier molecular flexibility index (Phi) is 5.79. The SMILES string of the molecule is O=C(Nc1cc2c(O)cccc2c2c1C(c1cc(F)ccc1Cl)NC2=O)c1cc(F)cc(C(F)(F)F)c1. The predicted octanol–water partition coefficient (Wildman–Crippen LogP) is 6.58. The highest BCUT2D eigenvalue weighted by molar-refractivity contribution is 6.31. The number of alkyl halides is 3. The number of fused-ring (bicyclic) bond motifs is 3. The normalized spacial score (nSPS) is 15.0. The molecule has 1 heterocycles. The lowest BCUT2D eigenvalue weighted by atomic mass is 9.92. The average molecular weight is 533 g/mol. The van der Waals surface area contributed by atoms with Gasteiger partial charge in [0.2, 0.25) is 0 Å². The van der Waals surface area contributed by atoms with Crippen LogP contribution in [0.25, 0.3) is 10.8 Å². The second-order valence-electron chi connectivity index (χ2n) is 8.34. The molecule has 0 saturated carbocycles. The highest BCUT2D eigenvalue weighted by Crippen LogP contribution is 2.44. The van der Waals surface area contributed by atoms with Gasteiger partial charge in [-0.15, -0.1) is 0 Å². The van der Waals surface area contributed by atoms with E-state index in [2.05, 4.69) is 10.6 Å². The first-order valence-electron chi connectivity index (χ1n) is 10.7. The standard InChI is InChI=1S/C26H14ClF5N2O3/c27-18-5-4-13(28)9-17(18)23-22-19(10-16-15(2-1-3-20(16)35)21(22)25(37)34-23)33-24(36)11-6-12(26(30,31)32)8-14(29)7-11/h1-10,23,35H,(H,33,36)(H,34,37). The smallest absolute Gasteiger partial charge is 0.416 e. The molecule has 0 aromatic heterocycles. The van der Waals surface area contributed by atoms with Gasteiger partial charge in [-0.05, 0) is 53.9 Å². The van der Waals surface area contributed by atoms with Gasteiger partial charge >= 0.3 is 6.18 Å². The van der Waals surface area contributed by atoms with Crippen LogP contribution in [0, 0.1) is 11.6 Å². The molecule has 1 unspecified atom stereocenters. The van der Waals surface area contributed by atoms with E-state index in [1.165, 1.54) is 24.3 Å². The first-order valence-corrected chi connectivity index (χ1v) is 11.1. The summed E-state index contributed by atoms with van der Waals surface area (Å²) in [6.07, 6.45) is -4.90. The fraction of sp³-hybridized carbons (Fsp3) is 0.0769. The molecular formula is C26H14ClF5N2O3. The molecule has 1 aliphatic heterocycles. The van der Waals surface area contributed by atoms with E-state index in [9.17, 15) is 36.6 Å². The molecule has 0 bridgehead atoms. The summed E-state index contributed by atoms with van der Waals surface area (Å²) in [5.74, 6) is -3.88. The Morgan fingerprint density at radius 1 is 0.973 bits per heavy atom. The van der Waals surface area contributed by atoms with Crippen molar-refractivity contribution < 1.29 is 36.6 Å². The number of hydrogen-bond donors (Lipinski definition) is 3. The predicted molar refractivity (Wildman–Crippen MR) is 126 cm³/mol. The third-order valence-electron chi connectivity index (χ3n) is 6.00. The molecule has 188 valence electrons. The number of rotatable bonds is 3. The van der Waals surface area contributed by atoms with Crippen LogP contribution in [-0.4, -0.2) is 16.9 Å². The molecule has 0 radical (unpaired) electrons. The highest BCUT2D eigenvalue weighted by atomic mass is 35.5. The van der Waals surface area contributed by atoms with Crippen LogP contribution in [0.15, 0.2) is 60.7 Å². The van der Waals surface area contributed by atoms with Gasteiger partial charge in [0.25, 0.3) is 11.8 Å². The summed E-state index contributed by atoms with van der Waals surface area (Å²) in [6.45, 7) is 0. The number of nitrogens with one attached hydrogen (secondary N) is 2. The van der Waals surface area contributed by atoms with E-state index in [-0.39, 0.29) is 44.6 Å². The molecule has 37 heavy (non-hydrogen) atoms. The van der Waals surface area contributed by atoms with E-state index in [0.29, 0.717) is 17.5 Å². The number of phenols is 1. The molecule has 5 rings (SSSR count). The Morgan fingerprint density at radius 2 is 1.73 bits per heavy atom. The number of halogens is 6. The summed E-state index contributed by atoms with van der Waals surface area (Å²) < 4.78 is 67.5. The zero-order valence-corrected chi connectivity index (χ0v) is 19.1. The maximum absolute atomic E-state index is 14.1. The van der Waals surface area contributed by atoms with Gasteiger partial charge in [-0.2, -0.15) is 13.2 Å². The molecule has 1 aliphatic rings. The van der Waals surface area contributed by atoms with Crippen molar-refractivity contribution in [3.05, 3.63) is 105 Å². The summed E-state index contributed by atoms with van der Waals surface area (Å²) in [7, 11) is 0. The lowest BCUT2D eigenvalue weighted by Crippen LogP contribution is -2.21. The van der Waals surface area contributed by atoms with Crippen LogP contribution in [0.5, 0.6) is 5.75 Å². The number of benzene rings is 4. The van der Waals surface area contributed by atoms with Gasteiger partial charge in [0, 0.05) is 32.8 Å². The Labute approximate surface area is 210 Å². The van der Waals surface area contributed by atoms with E-state index in [4.69, 9.17) is 11.6 Å². The summed E-state index contributed by atoms with van der Waals surface area (Å²) >= 11 is 6.27. The summed E-state index contributed by atoms with van der Waals surface area (Å²) in [4.78, 5) is 26.1. The summed E-state index contributed by atoms with van der Waals surface area (Å²) in [5.41, 5.74) is -1.71. The monoisotopic (exact) mass is 532 g/mol.